The highest BCUT2D eigenvalue weighted by Gasteiger charge is 2.46. The van der Waals surface area contributed by atoms with Crippen LogP contribution >= 0.6 is 0 Å². The SMILES string of the molecule is COc1ccc(O)c(C(C)N2CCCC2(C)C(=O)O)c1. The van der Waals surface area contributed by atoms with Crippen LogP contribution in [0.2, 0.25) is 0 Å². The quantitative estimate of drug-likeness (QED) is 0.885. The van der Waals surface area contributed by atoms with Crippen molar-refractivity contribution in [3.63, 3.8) is 0 Å². The Hall–Kier alpha value is -1.75. The van der Waals surface area contributed by atoms with Crippen LogP contribution in [0.4, 0.5) is 0 Å². The molecule has 2 N–H and O–H groups in total. The minimum absolute atomic E-state index is 0.165. The largest absolute Gasteiger partial charge is 0.508 e. The Morgan fingerprint density at radius 3 is 2.80 bits per heavy atom. The standard InChI is InChI=1S/C15H21NO4/c1-10(12-9-11(20-3)5-6-13(12)17)16-8-4-7-15(16,2)14(18)19/h5-6,9-10,17H,4,7-8H2,1-3H3,(H,18,19). The predicted molar refractivity (Wildman–Crippen MR) is 75.1 cm³/mol. The van der Waals surface area contributed by atoms with Gasteiger partial charge in [0.05, 0.1) is 7.11 Å². The second kappa shape index (κ2) is 5.32. The zero-order chi connectivity index (χ0) is 14.9. The van der Waals surface area contributed by atoms with Crippen molar-refractivity contribution in [3.05, 3.63) is 23.8 Å². The number of benzene rings is 1. The van der Waals surface area contributed by atoms with Gasteiger partial charge in [0.1, 0.15) is 17.0 Å². The van der Waals surface area contributed by atoms with Gasteiger partial charge in [0.15, 0.2) is 0 Å². The summed E-state index contributed by atoms with van der Waals surface area (Å²) in [6.45, 7) is 4.37. The van der Waals surface area contributed by atoms with Crippen LogP contribution in [0.15, 0.2) is 18.2 Å². The van der Waals surface area contributed by atoms with Gasteiger partial charge in [0.2, 0.25) is 0 Å². The molecule has 2 rings (SSSR count). The topological polar surface area (TPSA) is 70.0 Å². The Morgan fingerprint density at radius 1 is 1.50 bits per heavy atom. The molecule has 0 spiro atoms. The van der Waals surface area contributed by atoms with E-state index in [1.807, 2.05) is 11.8 Å². The van der Waals surface area contributed by atoms with Crippen molar-refractivity contribution in [1.82, 2.24) is 4.90 Å². The van der Waals surface area contributed by atoms with Crippen molar-refractivity contribution >= 4 is 5.97 Å². The van der Waals surface area contributed by atoms with Crippen LogP contribution in [0.25, 0.3) is 0 Å². The Labute approximate surface area is 118 Å². The number of phenols is 1. The molecule has 0 aromatic heterocycles. The van der Waals surface area contributed by atoms with Crippen molar-refractivity contribution in [2.75, 3.05) is 13.7 Å². The van der Waals surface area contributed by atoms with Gasteiger partial charge in [0, 0.05) is 11.6 Å². The number of rotatable bonds is 4. The molecule has 1 aliphatic rings. The van der Waals surface area contributed by atoms with Crippen LogP contribution in [-0.4, -0.2) is 40.3 Å². The van der Waals surface area contributed by atoms with Crippen LogP contribution in [0.3, 0.4) is 0 Å². The number of ether oxygens (including phenoxy) is 1. The molecule has 2 atom stereocenters. The van der Waals surface area contributed by atoms with Crippen LogP contribution in [-0.2, 0) is 4.79 Å². The van der Waals surface area contributed by atoms with E-state index in [0.717, 1.165) is 6.42 Å². The van der Waals surface area contributed by atoms with Gasteiger partial charge in [0.25, 0.3) is 0 Å². The molecule has 5 heteroatoms. The third-order valence-corrected chi connectivity index (χ3v) is 4.31. The molecule has 1 fully saturated rings. The zero-order valence-electron chi connectivity index (χ0n) is 12.1. The monoisotopic (exact) mass is 279 g/mol. The summed E-state index contributed by atoms with van der Waals surface area (Å²) in [5, 5.41) is 19.5. The lowest BCUT2D eigenvalue weighted by molar-refractivity contribution is -0.149. The maximum atomic E-state index is 11.5. The van der Waals surface area contributed by atoms with Gasteiger partial charge < -0.3 is 14.9 Å². The van der Waals surface area contributed by atoms with Gasteiger partial charge >= 0.3 is 5.97 Å². The lowest BCUT2D eigenvalue weighted by atomic mass is 9.95. The van der Waals surface area contributed by atoms with E-state index in [9.17, 15) is 15.0 Å². The van der Waals surface area contributed by atoms with Crippen molar-refractivity contribution < 1.29 is 19.7 Å². The normalized spacial score (nSPS) is 24.6. The zero-order valence-corrected chi connectivity index (χ0v) is 12.1. The summed E-state index contributed by atoms with van der Waals surface area (Å²) in [7, 11) is 1.57. The van der Waals surface area contributed by atoms with Crippen LogP contribution < -0.4 is 4.74 Å². The minimum atomic E-state index is -0.880. The molecule has 0 saturated carbocycles. The van der Waals surface area contributed by atoms with Crippen molar-refractivity contribution in [2.24, 2.45) is 0 Å². The molecule has 1 aromatic carbocycles. The van der Waals surface area contributed by atoms with Gasteiger partial charge in [-0.2, -0.15) is 0 Å². The van der Waals surface area contributed by atoms with E-state index in [-0.39, 0.29) is 11.8 Å². The van der Waals surface area contributed by atoms with E-state index in [4.69, 9.17) is 4.74 Å². The fourth-order valence-electron chi connectivity index (χ4n) is 3.00. The lowest BCUT2D eigenvalue weighted by Gasteiger charge is -2.36. The number of phenolic OH excluding ortho intramolecular Hbond substituents is 1. The number of aliphatic carboxylic acids is 1. The number of carbonyl (C=O) groups is 1. The molecule has 1 heterocycles. The van der Waals surface area contributed by atoms with Crippen LogP contribution in [0, 0.1) is 0 Å². The fraction of sp³-hybridized carbons (Fsp3) is 0.533. The highest BCUT2D eigenvalue weighted by Crippen LogP contribution is 2.40. The molecule has 0 amide bonds. The van der Waals surface area contributed by atoms with Crippen molar-refractivity contribution in [2.45, 2.75) is 38.3 Å². The predicted octanol–water partition coefficient (Wildman–Crippen LogP) is 2.40. The summed E-state index contributed by atoms with van der Waals surface area (Å²) in [6.07, 6.45) is 1.47. The third-order valence-electron chi connectivity index (χ3n) is 4.31. The second-order valence-corrected chi connectivity index (χ2v) is 5.48. The molecule has 110 valence electrons. The molecule has 0 bridgehead atoms. The van der Waals surface area contributed by atoms with Gasteiger partial charge in [-0.15, -0.1) is 0 Å². The van der Waals surface area contributed by atoms with Crippen molar-refractivity contribution in [1.29, 1.82) is 0 Å². The summed E-state index contributed by atoms with van der Waals surface area (Å²) >= 11 is 0. The third kappa shape index (κ3) is 2.33. The maximum absolute atomic E-state index is 11.5. The van der Waals surface area contributed by atoms with E-state index < -0.39 is 11.5 Å². The molecule has 1 aromatic rings. The van der Waals surface area contributed by atoms with E-state index in [1.165, 1.54) is 0 Å². The number of likely N-dealkylation sites (tertiary alicyclic amines) is 1. The fourth-order valence-corrected chi connectivity index (χ4v) is 3.00. The van der Waals surface area contributed by atoms with E-state index in [0.29, 0.717) is 24.3 Å². The average Bonchev–Trinajstić information content (AvgIpc) is 2.82. The van der Waals surface area contributed by atoms with Gasteiger partial charge in [-0.3, -0.25) is 9.69 Å². The van der Waals surface area contributed by atoms with Gasteiger partial charge in [-0.25, -0.2) is 0 Å². The van der Waals surface area contributed by atoms with Crippen molar-refractivity contribution in [3.8, 4) is 11.5 Å². The first kappa shape index (κ1) is 14.7. The molecular formula is C15H21NO4. The summed E-state index contributed by atoms with van der Waals surface area (Å²) in [5.74, 6) is 0.00282. The van der Waals surface area contributed by atoms with E-state index in [2.05, 4.69) is 0 Å². The lowest BCUT2D eigenvalue weighted by Crippen LogP contribution is -2.48. The number of carboxylic acid groups (broad SMARTS) is 1. The highest BCUT2D eigenvalue weighted by atomic mass is 16.5. The smallest absolute Gasteiger partial charge is 0.323 e. The Bertz CT molecular complexity index is 517. The Balaban J connectivity index is 2.36. The second-order valence-electron chi connectivity index (χ2n) is 5.48. The maximum Gasteiger partial charge on any atom is 0.323 e. The number of hydrogen-bond donors (Lipinski definition) is 2. The minimum Gasteiger partial charge on any atom is -0.508 e. The summed E-state index contributed by atoms with van der Waals surface area (Å²) in [4.78, 5) is 13.5. The first-order chi connectivity index (χ1) is 9.40. The number of hydrogen-bond acceptors (Lipinski definition) is 4. The number of nitrogens with zero attached hydrogens (tertiary/aromatic N) is 1. The molecule has 20 heavy (non-hydrogen) atoms. The number of carboxylic acids is 1. The van der Waals surface area contributed by atoms with E-state index >= 15 is 0 Å². The van der Waals surface area contributed by atoms with E-state index in [1.54, 1.807) is 32.2 Å². The average molecular weight is 279 g/mol. The Morgan fingerprint density at radius 2 is 2.20 bits per heavy atom. The number of methoxy groups -OCH3 is 1. The molecular weight excluding hydrogens is 258 g/mol. The number of aromatic hydroxyl groups is 1. The van der Waals surface area contributed by atoms with Crippen LogP contribution in [0.5, 0.6) is 11.5 Å². The van der Waals surface area contributed by atoms with Gasteiger partial charge in [-0.1, -0.05) is 0 Å². The first-order valence-corrected chi connectivity index (χ1v) is 6.77. The summed E-state index contributed by atoms with van der Waals surface area (Å²) in [6, 6.07) is 4.85. The first-order valence-electron chi connectivity index (χ1n) is 6.77. The molecule has 0 radical (unpaired) electrons. The Kier molecular flexibility index (Phi) is 3.90. The highest BCUT2D eigenvalue weighted by molar-refractivity contribution is 5.78. The molecule has 5 nitrogen and oxygen atoms in total. The molecule has 2 unspecified atom stereocenters. The summed E-state index contributed by atoms with van der Waals surface area (Å²) in [5.41, 5.74) is -0.187. The van der Waals surface area contributed by atoms with Crippen LogP contribution in [0.1, 0.15) is 38.3 Å². The summed E-state index contributed by atoms with van der Waals surface area (Å²) < 4.78 is 5.18. The molecule has 0 aliphatic carbocycles. The molecule has 1 saturated heterocycles. The van der Waals surface area contributed by atoms with Gasteiger partial charge in [-0.05, 0) is 51.4 Å². The molecule has 1 aliphatic heterocycles.